The summed E-state index contributed by atoms with van der Waals surface area (Å²) >= 11 is 6.23. The van der Waals surface area contributed by atoms with Crippen LogP contribution >= 0.6 is 11.6 Å². The Hall–Kier alpha value is -2.12. The number of halogens is 1. The molecule has 1 N–H and O–H groups in total. The quantitative estimate of drug-likeness (QED) is 0.903. The first-order valence-corrected chi connectivity index (χ1v) is 7.45. The van der Waals surface area contributed by atoms with Gasteiger partial charge >= 0.3 is 6.09 Å². The van der Waals surface area contributed by atoms with Gasteiger partial charge in [0.25, 0.3) is 5.56 Å². The van der Waals surface area contributed by atoms with Gasteiger partial charge < -0.3 is 14.7 Å². The third-order valence-electron chi connectivity index (χ3n) is 4.44. The molecule has 7 nitrogen and oxygen atoms in total. The summed E-state index contributed by atoms with van der Waals surface area (Å²) in [5.41, 5.74) is -0.360. The number of carbonyl (C=O) groups is 1. The van der Waals surface area contributed by atoms with Crippen molar-refractivity contribution in [1.29, 1.82) is 0 Å². The van der Waals surface area contributed by atoms with Gasteiger partial charge in [0.1, 0.15) is 11.2 Å². The van der Waals surface area contributed by atoms with E-state index in [0.29, 0.717) is 34.6 Å². The van der Waals surface area contributed by atoms with Crippen LogP contribution in [0.3, 0.4) is 0 Å². The Balaban J connectivity index is 2.23. The minimum absolute atomic E-state index is 0.109. The van der Waals surface area contributed by atoms with Gasteiger partial charge in [0, 0.05) is 38.7 Å². The molecule has 8 heteroatoms. The number of ether oxygens (including phenoxy) is 1. The molecule has 1 atom stereocenters. The van der Waals surface area contributed by atoms with Crippen molar-refractivity contribution in [3.05, 3.63) is 39.3 Å². The highest BCUT2D eigenvalue weighted by atomic mass is 35.5. The van der Waals surface area contributed by atoms with Crippen LogP contribution in [0.4, 0.5) is 4.79 Å². The minimum Gasteiger partial charge on any atom is -0.465 e. The second kappa shape index (κ2) is 5.50. The average Bonchev–Trinajstić information content (AvgIpc) is 2.97. The molecular weight excluding hydrogens is 322 g/mol. The summed E-state index contributed by atoms with van der Waals surface area (Å²) in [6, 6.07) is 3.32. The Bertz CT molecular complexity index is 850. The molecule has 1 fully saturated rings. The number of pyridine rings is 2. The van der Waals surface area contributed by atoms with E-state index in [-0.39, 0.29) is 12.1 Å². The standard InChI is InChI=1S/C15H16ClN3O4/c1-18-12-9(11(16)3-5-17-12)7-10(13(18)20)15(23-2)4-6-19(8-15)14(21)22/h3,5,7H,4,6,8H2,1-2H3,(H,21,22). The highest BCUT2D eigenvalue weighted by Crippen LogP contribution is 2.35. The maximum atomic E-state index is 12.8. The lowest BCUT2D eigenvalue weighted by atomic mass is 9.93. The fraction of sp³-hybridized carbons (Fsp3) is 0.400. The van der Waals surface area contributed by atoms with Gasteiger partial charge in [-0.15, -0.1) is 0 Å². The van der Waals surface area contributed by atoms with Crippen LogP contribution in [0, 0.1) is 0 Å². The molecule has 1 saturated heterocycles. The third-order valence-corrected chi connectivity index (χ3v) is 4.77. The summed E-state index contributed by atoms with van der Waals surface area (Å²) in [4.78, 5) is 29.4. The molecule has 3 heterocycles. The van der Waals surface area contributed by atoms with Crippen molar-refractivity contribution in [1.82, 2.24) is 14.5 Å². The lowest BCUT2D eigenvalue weighted by molar-refractivity contribution is -0.00608. The number of amides is 1. The molecule has 0 aromatic carbocycles. The molecule has 1 aliphatic heterocycles. The molecule has 0 aliphatic carbocycles. The second-order valence-corrected chi connectivity index (χ2v) is 6.01. The topological polar surface area (TPSA) is 84.7 Å². The van der Waals surface area contributed by atoms with Crippen molar-refractivity contribution in [2.45, 2.75) is 12.0 Å². The zero-order valence-electron chi connectivity index (χ0n) is 12.7. The number of likely N-dealkylation sites (tertiary alicyclic amines) is 1. The maximum absolute atomic E-state index is 12.8. The van der Waals surface area contributed by atoms with Gasteiger partial charge in [-0.1, -0.05) is 11.6 Å². The van der Waals surface area contributed by atoms with Crippen LogP contribution in [0.2, 0.25) is 5.02 Å². The highest BCUT2D eigenvalue weighted by Gasteiger charge is 2.44. The molecule has 0 saturated carbocycles. The number of fused-ring (bicyclic) bond motifs is 1. The molecule has 1 amide bonds. The molecule has 1 aliphatic rings. The van der Waals surface area contributed by atoms with Gasteiger partial charge in [-0.05, 0) is 12.1 Å². The maximum Gasteiger partial charge on any atom is 0.407 e. The number of carboxylic acid groups (broad SMARTS) is 1. The summed E-state index contributed by atoms with van der Waals surface area (Å²) < 4.78 is 7.03. The normalized spacial score (nSPS) is 21.1. The SMILES string of the molecule is COC1(c2cc3c(Cl)ccnc3n(C)c2=O)CCN(C(=O)O)C1. The van der Waals surface area contributed by atoms with Crippen molar-refractivity contribution < 1.29 is 14.6 Å². The molecule has 2 aromatic rings. The van der Waals surface area contributed by atoms with Crippen molar-refractivity contribution in [3.63, 3.8) is 0 Å². The summed E-state index contributed by atoms with van der Waals surface area (Å²) in [5, 5.41) is 10.3. The predicted molar refractivity (Wildman–Crippen MR) is 84.9 cm³/mol. The van der Waals surface area contributed by atoms with Crippen LogP contribution in [-0.2, 0) is 17.4 Å². The zero-order valence-corrected chi connectivity index (χ0v) is 13.5. The second-order valence-electron chi connectivity index (χ2n) is 5.60. The minimum atomic E-state index is -1.03. The number of aryl methyl sites for hydroxylation is 1. The van der Waals surface area contributed by atoms with Crippen LogP contribution in [-0.4, -0.2) is 45.9 Å². The number of hydrogen-bond donors (Lipinski definition) is 1. The molecule has 0 spiro atoms. The molecule has 2 aromatic heterocycles. The molecule has 23 heavy (non-hydrogen) atoms. The molecule has 3 rings (SSSR count). The number of methoxy groups -OCH3 is 1. The van der Waals surface area contributed by atoms with E-state index in [2.05, 4.69) is 4.98 Å². The van der Waals surface area contributed by atoms with E-state index in [9.17, 15) is 14.7 Å². The molecule has 0 radical (unpaired) electrons. The first kappa shape index (κ1) is 15.8. The van der Waals surface area contributed by atoms with E-state index < -0.39 is 11.7 Å². The Morgan fingerprint density at radius 1 is 1.52 bits per heavy atom. The molecule has 1 unspecified atom stereocenters. The Morgan fingerprint density at radius 3 is 2.87 bits per heavy atom. The van der Waals surface area contributed by atoms with E-state index in [1.54, 1.807) is 19.2 Å². The first-order chi connectivity index (χ1) is 10.9. The average molecular weight is 338 g/mol. The van der Waals surface area contributed by atoms with Gasteiger partial charge in [-0.3, -0.25) is 9.36 Å². The third kappa shape index (κ3) is 2.36. The number of aromatic nitrogens is 2. The van der Waals surface area contributed by atoms with Crippen molar-refractivity contribution in [3.8, 4) is 0 Å². The van der Waals surface area contributed by atoms with Crippen LogP contribution < -0.4 is 5.56 Å². The van der Waals surface area contributed by atoms with Gasteiger partial charge in [-0.25, -0.2) is 9.78 Å². The van der Waals surface area contributed by atoms with Crippen molar-refractivity contribution >= 4 is 28.7 Å². The van der Waals surface area contributed by atoms with E-state index in [1.165, 1.54) is 22.8 Å². The van der Waals surface area contributed by atoms with Gasteiger partial charge in [-0.2, -0.15) is 0 Å². The largest absolute Gasteiger partial charge is 0.465 e. The van der Waals surface area contributed by atoms with Crippen LogP contribution in [0.25, 0.3) is 11.0 Å². The number of hydrogen-bond acceptors (Lipinski definition) is 4. The molecular formula is C15H16ClN3O4. The van der Waals surface area contributed by atoms with E-state index >= 15 is 0 Å². The van der Waals surface area contributed by atoms with Crippen molar-refractivity contribution in [2.24, 2.45) is 7.05 Å². The van der Waals surface area contributed by atoms with Crippen molar-refractivity contribution in [2.75, 3.05) is 20.2 Å². The van der Waals surface area contributed by atoms with E-state index in [0.717, 1.165) is 0 Å². The van der Waals surface area contributed by atoms with E-state index in [4.69, 9.17) is 16.3 Å². The van der Waals surface area contributed by atoms with Gasteiger partial charge in [0.15, 0.2) is 0 Å². The summed E-state index contributed by atoms with van der Waals surface area (Å²) in [6.07, 6.45) is 0.924. The lowest BCUT2D eigenvalue weighted by Gasteiger charge is -2.28. The van der Waals surface area contributed by atoms with Gasteiger partial charge in [0.2, 0.25) is 0 Å². The Kier molecular flexibility index (Phi) is 3.77. The van der Waals surface area contributed by atoms with Crippen LogP contribution in [0.1, 0.15) is 12.0 Å². The number of nitrogens with zero attached hydrogens (tertiary/aromatic N) is 3. The predicted octanol–water partition coefficient (Wildman–Crippen LogP) is 1.81. The first-order valence-electron chi connectivity index (χ1n) is 7.07. The van der Waals surface area contributed by atoms with Gasteiger partial charge in [0.05, 0.1) is 17.1 Å². The molecule has 122 valence electrons. The summed E-state index contributed by atoms with van der Waals surface area (Å²) in [5.74, 6) is 0. The van der Waals surface area contributed by atoms with Crippen LogP contribution in [0.15, 0.2) is 23.1 Å². The summed E-state index contributed by atoms with van der Waals surface area (Å²) in [7, 11) is 3.10. The lowest BCUT2D eigenvalue weighted by Crippen LogP contribution is -2.40. The van der Waals surface area contributed by atoms with Crippen LogP contribution in [0.5, 0.6) is 0 Å². The zero-order chi connectivity index (χ0) is 16.8. The van der Waals surface area contributed by atoms with E-state index in [1.807, 2.05) is 0 Å². The monoisotopic (exact) mass is 337 g/mol. The fourth-order valence-electron chi connectivity index (χ4n) is 3.09. The Labute approximate surface area is 137 Å². The number of rotatable bonds is 2. The Morgan fingerprint density at radius 2 is 2.26 bits per heavy atom. The molecule has 0 bridgehead atoms. The summed E-state index contributed by atoms with van der Waals surface area (Å²) in [6.45, 7) is 0.419. The fourth-order valence-corrected chi connectivity index (χ4v) is 3.29. The highest BCUT2D eigenvalue weighted by molar-refractivity contribution is 6.35. The smallest absolute Gasteiger partial charge is 0.407 e.